The maximum absolute atomic E-state index is 11.7. The summed E-state index contributed by atoms with van der Waals surface area (Å²) in [5.41, 5.74) is 3.08. The normalized spacial score (nSPS) is 16.2. The summed E-state index contributed by atoms with van der Waals surface area (Å²) in [7, 11) is 3.31. The summed E-state index contributed by atoms with van der Waals surface area (Å²) in [4.78, 5) is 11.7. The van der Waals surface area contributed by atoms with Gasteiger partial charge in [-0.2, -0.15) is 0 Å². The number of carbonyl (C=O) groups excluding carboxylic acids is 1. The monoisotopic (exact) mass is 311 g/mol. The molecule has 1 unspecified atom stereocenters. The first-order valence-electron chi connectivity index (χ1n) is 7.80. The van der Waals surface area contributed by atoms with Crippen molar-refractivity contribution in [2.24, 2.45) is 5.92 Å². The molecular formula is C19H21NO3. The molecule has 0 bridgehead atoms. The molecule has 2 aromatic rings. The Balaban J connectivity index is 1.71. The maximum Gasteiger partial charge on any atom is 0.251 e. The number of hydrogen-bond acceptors (Lipinski definition) is 3. The number of benzene rings is 2. The van der Waals surface area contributed by atoms with Gasteiger partial charge in [0, 0.05) is 24.6 Å². The first-order chi connectivity index (χ1) is 11.2. The molecule has 0 radical (unpaired) electrons. The third-order valence-corrected chi connectivity index (χ3v) is 4.20. The van der Waals surface area contributed by atoms with Crippen LogP contribution >= 0.6 is 0 Å². The van der Waals surface area contributed by atoms with Crippen molar-refractivity contribution in [1.82, 2.24) is 5.32 Å². The standard InChI is InChI=1S/C19H21NO3/c1-20-19(21)16-5-3-4-13(9-16)8-14-10-15-6-7-17(22-2)11-18(15)23-12-14/h3-7,9,11,14H,8,10,12H2,1-2H3,(H,20,21). The van der Waals surface area contributed by atoms with Crippen LogP contribution in [0.1, 0.15) is 21.5 Å². The van der Waals surface area contributed by atoms with Crippen molar-refractivity contribution in [2.45, 2.75) is 12.8 Å². The Kier molecular flexibility index (Phi) is 4.51. The molecule has 1 heterocycles. The first-order valence-corrected chi connectivity index (χ1v) is 7.80. The van der Waals surface area contributed by atoms with E-state index in [0.29, 0.717) is 18.1 Å². The fourth-order valence-electron chi connectivity index (χ4n) is 2.99. The Bertz CT molecular complexity index is 712. The minimum Gasteiger partial charge on any atom is -0.497 e. The third-order valence-electron chi connectivity index (χ3n) is 4.20. The summed E-state index contributed by atoms with van der Waals surface area (Å²) in [5, 5.41) is 2.66. The van der Waals surface area contributed by atoms with Gasteiger partial charge in [0.15, 0.2) is 0 Å². The number of nitrogens with one attached hydrogen (secondary N) is 1. The molecule has 1 aliphatic rings. The van der Waals surface area contributed by atoms with Crippen LogP contribution in [0.2, 0.25) is 0 Å². The van der Waals surface area contributed by atoms with Gasteiger partial charge in [-0.25, -0.2) is 0 Å². The summed E-state index contributed by atoms with van der Waals surface area (Å²) in [5.74, 6) is 2.10. The van der Waals surface area contributed by atoms with Gasteiger partial charge >= 0.3 is 0 Å². The first kappa shape index (κ1) is 15.4. The largest absolute Gasteiger partial charge is 0.497 e. The molecule has 1 amide bonds. The molecular weight excluding hydrogens is 290 g/mol. The quantitative estimate of drug-likeness (QED) is 0.944. The summed E-state index contributed by atoms with van der Waals surface area (Å²) >= 11 is 0. The Morgan fingerprint density at radius 2 is 2.17 bits per heavy atom. The Morgan fingerprint density at radius 3 is 2.96 bits per heavy atom. The number of hydrogen-bond donors (Lipinski definition) is 1. The number of fused-ring (bicyclic) bond motifs is 1. The van der Waals surface area contributed by atoms with Gasteiger partial charge in [0.1, 0.15) is 11.5 Å². The highest BCUT2D eigenvalue weighted by molar-refractivity contribution is 5.94. The molecule has 120 valence electrons. The van der Waals surface area contributed by atoms with E-state index in [4.69, 9.17) is 9.47 Å². The number of ether oxygens (including phenoxy) is 2. The maximum atomic E-state index is 11.7. The van der Waals surface area contributed by atoms with Crippen LogP contribution in [0.5, 0.6) is 11.5 Å². The van der Waals surface area contributed by atoms with Crippen LogP contribution in [-0.2, 0) is 12.8 Å². The van der Waals surface area contributed by atoms with Crippen molar-refractivity contribution >= 4 is 5.91 Å². The number of carbonyl (C=O) groups is 1. The lowest BCUT2D eigenvalue weighted by Crippen LogP contribution is -2.23. The van der Waals surface area contributed by atoms with Crippen LogP contribution in [0.4, 0.5) is 0 Å². The molecule has 4 nitrogen and oxygen atoms in total. The number of methoxy groups -OCH3 is 1. The Labute approximate surface area is 136 Å². The fraction of sp³-hybridized carbons (Fsp3) is 0.316. The van der Waals surface area contributed by atoms with E-state index >= 15 is 0 Å². The van der Waals surface area contributed by atoms with Crippen LogP contribution in [0.25, 0.3) is 0 Å². The SMILES string of the molecule is CNC(=O)c1cccc(CC2COc3cc(OC)ccc3C2)c1. The molecule has 0 fully saturated rings. The molecule has 1 atom stereocenters. The zero-order valence-corrected chi connectivity index (χ0v) is 13.5. The second-order valence-electron chi connectivity index (χ2n) is 5.84. The summed E-state index contributed by atoms with van der Waals surface area (Å²) < 4.78 is 11.1. The fourth-order valence-corrected chi connectivity index (χ4v) is 2.99. The van der Waals surface area contributed by atoms with Crippen LogP contribution in [0, 0.1) is 5.92 Å². The predicted octanol–water partition coefficient (Wildman–Crippen LogP) is 2.85. The zero-order chi connectivity index (χ0) is 16.2. The lowest BCUT2D eigenvalue weighted by Gasteiger charge is -2.25. The van der Waals surface area contributed by atoms with Crippen LogP contribution in [0.3, 0.4) is 0 Å². The highest BCUT2D eigenvalue weighted by Gasteiger charge is 2.21. The minimum absolute atomic E-state index is 0.0517. The van der Waals surface area contributed by atoms with Crippen molar-refractivity contribution in [3.63, 3.8) is 0 Å². The Morgan fingerprint density at radius 1 is 1.30 bits per heavy atom. The van der Waals surface area contributed by atoms with E-state index in [1.54, 1.807) is 14.2 Å². The average Bonchev–Trinajstić information content (AvgIpc) is 2.60. The molecule has 3 rings (SSSR count). The summed E-state index contributed by atoms with van der Waals surface area (Å²) in [6, 6.07) is 13.8. The van der Waals surface area contributed by atoms with Crippen LogP contribution in [0.15, 0.2) is 42.5 Å². The smallest absolute Gasteiger partial charge is 0.251 e. The molecule has 0 aliphatic carbocycles. The van der Waals surface area contributed by atoms with E-state index in [9.17, 15) is 4.79 Å². The summed E-state index contributed by atoms with van der Waals surface area (Å²) in [6.45, 7) is 0.685. The highest BCUT2D eigenvalue weighted by atomic mass is 16.5. The van der Waals surface area contributed by atoms with E-state index in [1.807, 2.05) is 30.3 Å². The third kappa shape index (κ3) is 3.47. The van der Waals surface area contributed by atoms with Crippen LogP contribution in [-0.4, -0.2) is 26.7 Å². The van der Waals surface area contributed by atoms with E-state index in [2.05, 4.69) is 17.4 Å². The van der Waals surface area contributed by atoms with E-state index in [-0.39, 0.29) is 5.91 Å². The van der Waals surface area contributed by atoms with Gasteiger partial charge in [0.05, 0.1) is 13.7 Å². The topological polar surface area (TPSA) is 47.6 Å². The van der Waals surface area contributed by atoms with Gasteiger partial charge in [0.2, 0.25) is 0 Å². The minimum atomic E-state index is -0.0517. The second-order valence-corrected chi connectivity index (χ2v) is 5.84. The number of amides is 1. The zero-order valence-electron chi connectivity index (χ0n) is 13.5. The molecule has 1 N–H and O–H groups in total. The molecule has 0 saturated heterocycles. The number of rotatable bonds is 4. The molecule has 0 saturated carbocycles. The molecule has 2 aromatic carbocycles. The molecule has 23 heavy (non-hydrogen) atoms. The van der Waals surface area contributed by atoms with Crippen molar-refractivity contribution in [1.29, 1.82) is 0 Å². The molecule has 0 aromatic heterocycles. The van der Waals surface area contributed by atoms with Gasteiger partial charge in [-0.3, -0.25) is 4.79 Å². The highest BCUT2D eigenvalue weighted by Crippen LogP contribution is 2.32. The van der Waals surface area contributed by atoms with E-state index in [0.717, 1.165) is 29.9 Å². The average molecular weight is 311 g/mol. The Hall–Kier alpha value is -2.49. The van der Waals surface area contributed by atoms with Gasteiger partial charge in [0.25, 0.3) is 5.91 Å². The predicted molar refractivity (Wildman–Crippen MR) is 89.2 cm³/mol. The van der Waals surface area contributed by atoms with Crippen molar-refractivity contribution in [2.75, 3.05) is 20.8 Å². The van der Waals surface area contributed by atoms with E-state index in [1.165, 1.54) is 5.56 Å². The van der Waals surface area contributed by atoms with E-state index < -0.39 is 0 Å². The summed E-state index contributed by atoms with van der Waals surface area (Å²) in [6.07, 6.45) is 1.87. The van der Waals surface area contributed by atoms with Gasteiger partial charge < -0.3 is 14.8 Å². The lowest BCUT2D eigenvalue weighted by atomic mass is 9.90. The van der Waals surface area contributed by atoms with Crippen LogP contribution < -0.4 is 14.8 Å². The van der Waals surface area contributed by atoms with Crippen molar-refractivity contribution in [3.8, 4) is 11.5 Å². The van der Waals surface area contributed by atoms with Gasteiger partial charge in [-0.15, -0.1) is 0 Å². The van der Waals surface area contributed by atoms with Gasteiger partial charge in [-0.05, 0) is 42.2 Å². The molecule has 1 aliphatic heterocycles. The molecule has 0 spiro atoms. The van der Waals surface area contributed by atoms with Gasteiger partial charge in [-0.1, -0.05) is 18.2 Å². The van der Waals surface area contributed by atoms with Crippen molar-refractivity contribution in [3.05, 3.63) is 59.2 Å². The molecule has 4 heteroatoms. The lowest BCUT2D eigenvalue weighted by molar-refractivity contribution is 0.0963. The second kappa shape index (κ2) is 6.73. The van der Waals surface area contributed by atoms with Crippen molar-refractivity contribution < 1.29 is 14.3 Å².